The molecule has 0 aliphatic carbocycles. The molecule has 1 heterocycles. The van der Waals surface area contributed by atoms with Gasteiger partial charge in [-0.2, -0.15) is 5.10 Å². The number of nitrogens with zero attached hydrogens (tertiary/aromatic N) is 2. The zero-order valence-corrected chi connectivity index (χ0v) is 12.7. The second kappa shape index (κ2) is 6.37. The molecule has 0 fully saturated rings. The molecule has 0 aliphatic rings. The minimum Gasteiger partial charge on any atom is -0.310 e. The predicted molar refractivity (Wildman–Crippen MR) is 80.0 cm³/mol. The first-order chi connectivity index (χ1) is 9.54. The number of nitrogens with one attached hydrogen (secondary N) is 1. The Morgan fingerprint density at radius 3 is 2.85 bits per heavy atom. The molecule has 108 valence electrons. The normalized spacial score (nSPS) is 12.7. The number of aromatic nitrogens is 2. The Kier molecular flexibility index (Phi) is 4.78. The Labute approximate surface area is 123 Å². The third-order valence-corrected chi connectivity index (χ3v) is 3.67. The maximum Gasteiger partial charge on any atom is 0.143 e. The van der Waals surface area contributed by atoms with Gasteiger partial charge in [-0.25, -0.2) is 9.07 Å². The Morgan fingerprint density at radius 2 is 2.20 bits per heavy atom. The topological polar surface area (TPSA) is 29.9 Å². The average Bonchev–Trinajstić information content (AvgIpc) is 2.81. The van der Waals surface area contributed by atoms with E-state index in [-0.39, 0.29) is 11.1 Å². The molecule has 2 aromatic rings. The molecule has 0 radical (unpaired) electrons. The van der Waals surface area contributed by atoms with Crippen LogP contribution in [0.2, 0.25) is 5.02 Å². The van der Waals surface area contributed by atoms with Gasteiger partial charge in [-0.15, -0.1) is 0 Å². The fourth-order valence-corrected chi connectivity index (χ4v) is 2.31. The van der Waals surface area contributed by atoms with Crippen LogP contribution >= 0.6 is 11.6 Å². The van der Waals surface area contributed by atoms with Crippen molar-refractivity contribution in [2.45, 2.75) is 33.2 Å². The summed E-state index contributed by atoms with van der Waals surface area (Å²) in [6, 6.07) is 4.93. The van der Waals surface area contributed by atoms with Crippen LogP contribution in [0.3, 0.4) is 0 Å². The number of hydrogen-bond donors (Lipinski definition) is 1. The minimum absolute atomic E-state index is 0.122. The summed E-state index contributed by atoms with van der Waals surface area (Å²) < 4.78 is 15.3. The number of hydrogen-bond acceptors (Lipinski definition) is 2. The van der Waals surface area contributed by atoms with Crippen LogP contribution in [-0.4, -0.2) is 16.3 Å². The summed E-state index contributed by atoms with van der Waals surface area (Å²) in [5.74, 6) is -0.433. The van der Waals surface area contributed by atoms with E-state index in [0.717, 1.165) is 24.2 Å². The van der Waals surface area contributed by atoms with Crippen LogP contribution in [-0.2, 0) is 0 Å². The molecule has 1 unspecified atom stereocenters. The van der Waals surface area contributed by atoms with Crippen LogP contribution in [0, 0.1) is 12.7 Å². The summed E-state index contributed by atoms with van der Waals surface area (Å²) in [7, 11) is 0. The van der Waals surface area contributed by atoms with Gasteiger partial charge in [-0.1, -0.05) is 18.5 Å². The molecule has 0 aliphatic heterocycles. The molecule has 20 heavy (non-hydrogen) atoms. The molecule has 0 amide bonds. The molecule has 1 aromatic heterocycles. The van der Waals surface area contributed by atoms with E-state index in [2.05, 4.69) is 24.3 Å². The fourth-order valence-electron chi connectivity index (χ4n) is 2.20. The van der Waals surface area contributed by atoms with E-state index < -0.39 is 5.82 Å². The van der Waals surface area contributed by atoms with Crippen LogP contribution < -0.4 is 5.32 Å². The highest BCUT2D eigenvalue weighted by Gasteiger charge is 2.14. The lowest BCUT2D eigenvalue weighted by Gasteiger charge is -2.13. The van der Waals surface area contributed by atoms with Crippen molar-refractivity contribution in [1.82, 2.24) is 15.1 Å². The van der Waals surface area contributed by atoms with Crippen molar-refractivity contribution in [3.63, 3.8) is 0 Å². The highest BCUT2D eigenvalue weighted by Crippen LogP contribution is 2.22. The van der Waals surface area contributed by atoms with Gasteiger partial charge in [0.05, 0.1) is 16.9 Å². The molecule has 1 aromatic carbocycles. The van der Waals surface area contributed by atoms with Gasteiger partial charge in [0.1, 0.15) is 5.82 Å². The summed E-state index contributed by atoms with van der Waals surface area (Å²) in [5, 5.41) is 7.90. The van der Waals surface area contributed by atoms with E-state index in [1.165, 1.54) is 6.07 Å². The van der Waals surface area contributed by atoms with Gasteiger partial charge in [0.15, 0.2) is 0 Å². The summed E-state index contributed by atoms with van der Waals surface area (Å²) in [4.78, 5) is 0. The molecule has 0 saturated heterocycles. The van der Waals surface area contributed by atoms with Crippen molar-refractivity contribution in [3.8, 4) is 5.69 Å². The van der Waals surface area contributed by atoms with E-state index in [9.17, 15) is 4.39 Å². The predicted octanol–water partition coefficient (Wildman–Crippen LogP) is 4.03. The van der Waals surface area contributed by atoms with E-state index >= 15 is 0 Å². The van der Waals surface area contributed by atoms with Gasteiger partial charge in [0.25, 0.3) is 0 Å². The summed E-state index contributed by atoms with van der Waals surface area (Å²) >= 11 is 5.71. The average molecular weight is 296 g/mol. The fraction of sp³-hybridized carbons (Fsp3) is 0.400. The summed E-state index contributed by atoms with van der Waals surface area (Å²) in [6.45, 7) is 7.18. The van der Waals surface area contributed by atoms with Crippen LogP contribution in [0.4, 0.5) is 4.39 Å². The standard InChI is InChI=1S/C15H19ClFN3/c1-4-7-18-10(2)13-9-19-20(11(13)3)12-5-6-14(16)15(17)8-12/h5-6,8-10,18H,4,7H2,1-3H3. The largest absolute Gasteiger partial charge is 0.310 e. The maximum atomic E-state index is 13.5. The second-order valence-electron chi connectivity index (χ2n) is 4.87. The Bertz CT molecular complexity index is 595. The Morgan fingerprint density at radius 1 is 1.45 bits per heavy atom. The van der Waals surface area contributed by atoms with Gasteiger partial charge in [-0.05, 0) is 38.9 Å². The SMILES string of the molecule is CCCNC(C)c1cnn(-c2ccc(Cl)c(F)c2)c1C. The molecule has 0 saturated carbocycles. The van der Waals surface area contributed by atoms with Crippen molar-refractivity contribution in [2.24, 2.45) is 0 Å². The first-order valence-electron chi connectivity index (χ1n) is 6.78. The van der Waals surface area contributed by atoms with Gasteiger partial charge in [0.2, 0.25) is 0 Å². The van der Waals surface area contributed by atoms with Crippen LogP contribution in [0.5, 0.6) is 0 Å². The zero-order chi connectivity index (χ0) is 14.7. The highest BCUT2D eigenvalue weighted by molar-refractivity contribution is 6.30. The van der Waals surface area contributed by atoms with Crippen LogP contribution in [0.25, 0.3) is 5.69 Å². The molecular weight excluding hydrogens is 277 g/mol. The van der Waals surface area contributed by atoms with Crippen molar-refractivity contribution in [3.05, 3.63) is 46.5 Å². The molecule has 2 rings (SSSR count). The lowest BCUT2D eigenvalue weighted by atomic mass is 10.1. The van der Waals surface area contributed by atoms with Crippen LogP contribution in [0.1, 0.15) is 37.6 Å². The Balaban J connectivity index is 2.30. The number of benzene rings is 1. The van der Waals surface area contributed by atoms with E-state index in [0.29, 0.717) is 5.69 Å². The molecule has 0 bridgehead atoms. The van der Waals surface area contributed by atoms with E-state index in [1.807, 2.05) is 13.1 Å². The monoisotopic (exact) mass is 295 g/mol. The lowest BCUT2D eigenvalue weighted by Crippen LogP contribution is -2.19. The maximum absolute atomic E-state index is 13.5. The van der Waals surface area contributed by atoms with Crippen molar-refractivity contribution < 1.29 is 4.39 Å². The zero-order valence-electron chi connectivity index (χ0n) is 12.0. The third kappa shape index (κ3) is 3.02. The molecule has 3 nitrogen and oxygen atoms in total. The summed E-state index contributed by atoms with van der Waals surface area (Å²) in [5.41, 5.74) is 2.80. The highest BCUT2D eigenvalue weighted by atomic mass is 35.5. The molecule has 1 N–H and O–H groups in total. The van der Waals surface area contributed by atoms with Crippen molar-refractivity contribution in [2.75, 3.05) is 6.54 Å². The molecule has 1 atom stereocenters. The molecular formula is C15H19ClFN3. The van der Waals surface area contributed by atoms with Gasteiger partial charge in [-0.3, -0.25) is 0 Å². The van der Waals surface area contributed by atoms with Crippen molar-refractivity contribution in [1.29, 1.82) is 0 Å². The molecule has 0 spiro atoms. The van der Waals surface area contributed by atoms with E-state index in [4.69, 9.17) is 11.6 Å². The number of halogens is 2. The minimum atomic E-state index is -0.433. The van der Waals surface area contributed by atoms with Crippen LogP contribution in [0.15, 0.2) is 24.4 Å². The number of rotatable bonds is 5. The second-order valence-corrected chi connectivity index (χ2v) is 5.28. The Hall–Kier alpha value is -1.39. The lowest BCUT2D eigenvalue weighted by molar-refractivity contribution is 0.568. The third-order valence-electron chi connectivity index (χ3n) is 3.36. The van der Waals surface area contributed by atoms with E-state index in [1.54, 1.807) is 16.8 Å². The smallest absolute Gasteiger partial charge is 0.143 e. The van der Waals surface area contributed by atoms with Gasteiger partial charge < -0.3 is 5.32 Å². The molecule has 5 heteroatoms. The summed E-state index contributed by atoms with van der Waals surface area (Å²) in [6.07, 6.45) is 2.91. The first kappa shape index (κ1) is 15.0. The van der Waals surface area contributed by atoms with Gasteiger partial charge in [0, 0.05) is 23.4 Å². The first-order valence-corrected chi connectivity index (χ1v) is 7.15. The van der Waals surface area contributed by atoms with Gasteiger partial charge >= 0.3 is 0 Å². The van der Waals surface area contributed by atoms with Crippen molar-refractivity contribution >= 4 is 11.6 Å². The quantitative estimate of drug-likeness (QED) is 0.902.